The Balaban J connectivity index is 1.74. The van der Waals surface area contributed by atoms with E-state index >= 15 is 0 Å². The van der Waals surface area contributed by atoms with E-state index < -0.39 is 0 Å². The topological polar surface area (TPSA) is 61.9 Å². The molecular formula is C21H26N4O2S. The van der Waals surface area contributed by atoms with Gasteiger partial charge in [0.1, 0.15) is 0 Å². The van der Waals surface area contributed by atoms with Crippen molar-refractivity contribution in [2.24, 2.45) is 0 Å². The second-order valence-electron chi connectivity index (χ2n) is 6.56. The molecule has 148 valence electrons. The molecule has 0 aliphatic heterocycles. The van der Waals surface area contributed by atoms with Crippen molar-refractivity contribution in [3.63, 3.8) is 0 Å². The van der Waals surface area contributed by atoms with Crippen LogP contribution in [0.3, 0.4) is 0 Å². The van der Waals surface area contributed by atoms with Crippen molar-refractivity contribution in [1.29, 1.82) is 0 Å². The summed E-state index contributed by atoms with van der Waals surface area (Å²) in [6.07, 6.45) is 0. The van der Waals surface area contributed by atoms with Gasteiger partial charge in [-0.05, 0) is 26.8 Å². The van der Waals surface area contributed by atoms with E-state index in [0.717, 1.165) is 46.6 Å². The zero-order valence-corrected chi connectivity index (χ0v) is 17.6. The van der Waals surface area contributed by atoms with E-state index in [1.165, 1.54) is 11.8 Å². The highest BCUT2D eigenvalue weighted by atomic mass is 32.2. The highest BCUT2D eigenvalue weighted by Gasteiger charge is 2.18. The number of thioether (sulfide) groups is 1. The van der Waals surface area contributed by atoms with Gasteiger partial charge in [0.25, 0.3) is 0 Å². The Kier molecular flexibility index (Phi) is 6.70. The summed E-state index contributed by atoms with van der Waals surface area (Å²) in [7, 11) is 1.68. The van der Waals surface area contributed by atoms with Crippen LogP contribution in [0.1, 0.15) is 28.7 Å². The summed E-state index contributed by atoms with van der Waals surface area (Å²) in [5, 5.41) is 9.42. The lowest BCUT2D eigenvalue weighted by molar-refractivity contribution is 0.102. The van der Waals surface area contributed by atoms with E-state index in [1.807, 2.05) is 50.2 Å². The molecule has 0 saturated carbocycles. The summed E-state index contributed by atoms with van der Waals surface area (Å²) >= 11 is 1.44. The fraction of sp³-hybridized carbons (Fsp3) is 0.381. The predicted octanol–water partition coefficient (Wildman–Crippen LogP) is 4.00. The molecule has 2 aromatic heterocycles. The SMILES string of the molecule is CCn1c(SCC(=O)c2cc(C)n(CCOC)c2C)nnc1-c1ccccc1. The molecule has 0 amide bonds. The zero-order chi connectivity index (χ0) is 20.1. The number of nitrogens with zero attached hydrogens (tertiary/aromatic N) is 4. The average Bonchev–Trinajstić information content (AvgIpc) is 3.25. The monoisotopic (exact) mass is 398 g/mol. The van der Waals surface area contributed by atoms with Crippen LogP contribution in [0.25, 0.3) is 11.4 Å². The second kappa shape index (κ2) is 9.21. The fourth-order valence-electron chi connectivity index (χ4n) is 3.30. The van der Waals surface area contributed by atoms with E-state index in [2.05, 4.69) is 26.3 Å². The van der Waals surface area contributed by atoms with Crippen molar-refractivity contribution in [3.8, 4) is 11.4 Å². The lowest BCUT2D eigenvalue weighted by Gasteiger charge is -2.09. The fourth-order valence-corrected chi connectivity index (χ4v) is 4.18. The lowest BCUT2D eigenvalue weighted by Crippen LogP contribution is -2.10. The van der Waals surface area contributed by atoms with E-state index in [-0.39, 0.29) is 5.78 Å². The first kappa shape index (κ1) is 20.4. The van der Waals surface area contributed by atoms with Crippen LogP contribution < -0.4 is 0 Å². The molecule has 0 spiro atoms. The lowest BCUT2D eigenvalue weighted by atomic mass is 10.2. The molecule has 0 N–H and O–H groups in total. The van der Waals surface area contributed by atoms with Crippen molar-refractivity contribution >= 4 is 17.5 Å². The number of methoxy groups -OCH3 is 1. The minimum Gasteiger partial charge on any atom is -0.383 e. The van der Waals surface area contributed by atoms with Crippen LogP contribution in [-0.2, 0) is 17.8 Å². The molecule has 0 aliphatic carbocycles. The molecule has 0 atom stereocenters. The maximum absolute atomic E-state index is 12.8. The van der Waals surface area contributed by atoms with E-state index in [0.29, 0.717) is 12.4 Å². The molecule has 6 nitrogen and oxygen atoms in total. The smallest absolute Gasteiger partial charge is 0.191 e. The molecule has 0 unspecified atom stereocenters. The maximum Gasteiger partial charge on any atom is 0.191 e. The van der Waals surface area contributed by atoms with Crippen molar-refractivity contribution < 1.29 is 9.53 Å². The van der Waals surface area contributed by atoms with E-state index in [4.69, 9.17) is 4.74 Å². The minimum absolute atomic E-state index is 0.105. The molecule has 7 heteroatoms. The Bertz CT molecular complexity index is 947. The minimum atomic E-state index is 0.105. The van der Waals surface area contributed by atoms with Gasteiger partial charge in [-0.1, -0.05) is 42.1 Å². The zero-order valence-electron chi connectivity index (χ0n) is 16.8. The number of aryl methyl sites for hydroxylation is 1. The van der Waals surface area contributed by atoms with Gasteiger partial charge < -0.3 is 13.9 Å². The number of carbonyl (C=O) groups is 1. The second-order valence-corrected chi connectivity index (χ2v) is 7.50. The molecule has 3 aromatic rings. The Hall–Kier alpha value is -2.38. The molecular weight excluding hydrogens is 372 g/mol. The molecule has 1 aromatic carbocycles. The van der Waals surface area contributed by atoms with Gasteiger partial charge in [0, 0.05) is 42.7 Å². The third-order valence-corrected chi connectivity index (χ3v) is 5.76. The summed E-state index contributed by atoms with van der Waals surface area (Å²) < 4.78 is 9.35. The highest BCUT2D eigenvalue weighted by molar-refractivity contribution is 7.99. The van der Waals surface area contributed by atoms with Gasteiger partial charge >= 0.3 is 0 Å². The van der Waals surface area contributed by atoms with Crippen LogP contribution in [0.2, 0.25) is 0 Å². The standard InChI is InChI=1S/C21H26N4O2S/c1-5-24-20(17-9-7-6-8-10-17)22-23-21(24)28-14-19(26)18-13-15(2)25(16(18)3)11-12-27-4/h6-10,13H,5,11-12,14H2,1-4H3. The number of ketones is 1. The molecule has 3 rings (SSSR count). The third kappa shape index (κ3) is 4.20. The molecule has 2 heterocycles. The van der Waals surface area contributed by atoms with E-state index in [9.17, 15) is 4.79 Å². The first-order valence-electron chi connectivity index (χ1n) is 9.37. The molecule has 0 aliphatic rings. The van der Waals surface area contributed by atoms with Gasteiger partial charge in [0.15, 0.2) is 16.8 Å². The number of ether oxygens (including phenoxy) is 1. The van der Waals surface area contributed by atoms with Gasteiger partial charge in [0.2, 0.25) is 0 Å². The van der Waals surface area contributed by atoms with Crippen LogP contribution >= 0.6 is 11.8 Å². The van der Waals surface area contributed by atoms with Crippen molar-refractivity contribution in [1.82, 2.24) is 19.3 Å². The number of hydrogen-bond donors (Lipinski definition) is 0. The first-order valence-corrected chi connectivity index (χ1v) is 10.4. The summed E-state index contributed by atoms with van der Waals surface area (Å²) in [4.78, 5) is 12.8. The van der Waals surface area contributed by atoms with Gasteiger partial charge in [-0.15, -0.1) is 10.2 Å². The van der Waals surface area contributed by atoms with Crippen LogP contribution in [-0.4, -0.2) is 44.6 Å². The van der Waals surface area contributed by atoms with Crippen LogP contribution in [0.15, 0.2) is 41.6 Å². The maximum atomic E-state index is 12.8. The number of benzene rings is 1. The molecule has 0 bridgehead atoms. The Labute approximate surface area is 169 Å². The van der Waals surface area contributed by atoms with Crippen molar-refractivity contribution in [2.75, 3.05) is 19.5 Å². The van der Waals surface area contributed by atoms with Crippen molar-refractivity contribution in [3.05, 3.63) is 53.3 Å². The molecule has 28 heavy (non-hydrogen) atoms. The van der Waals surface area contributed by atoms with E-state index in [1.54, 1.807) is 7.11 Å². The third-order valence-electron chi connectivity index (χ3n) is 4.79. The highest BCUT2D eigenvalue weighted by Crippen LogP contribution is 2.25. The van der Waals surface area contributed by atoms with Crippen LogP contribution in [0.5, 0.6) is 0 Å². The van der Waals surface area contributed by atoms with Gasteiger partial charge in [-0.2, -0.15) is 0 Å². The summed E-state index contributed by atoms with van der Waals surface area (Å²) in [6.45, 7) is 8.19. The summed E-state index contributed by atoms with van der Waals surface area (Å²) in [6, 6.07) is 12.0. The van der Waals surface area contributed by atoms with Crippen LogP contribution in [0.4, 0.5) is 0 Å². The number of rotatable bonds is 9. The quantitative estimate of drug-likeness (QED) is 0.403. The van der Waals surface area contributed by atoms with Gasteiger partial charge in [-0.25, -0.2) is 0 Å². The average molecular weight is 399 g/mol. The molecule has 0 saturated heterocycles. The Morgan fingerprint density at radius 3 is 2.57 bits per heavy atom. The Morgan fingerprint density at radius 1 is 1.14 bits per heavy atom. The normalized spacial score (nSPS) is 11.1. The first-order chi connectivity index (χ1) is 13.6. The van der Waals surface area contributed by atoms with Crippen molar-refractivity contribution in [2.45, 2.75) is 39.0 Å². The summed E-state index contributed by atoms with van der Waals surface area (Å²) in [5.74, 6) is 1.27. The van der Waals surface area contributed by atoms with Gasteiger partial charge in [-0.3, -0.25) is 4.79 Å². The largest absolute Gasteiger partial charge is 0.383 e. The molecule has 0 radical (unpaired) electrons. The van der Waals surface area contributed by atoms with Gasteiger partial charge in [0.05, 0.1) is 12.4 Å². The number of aromatic nitrogens is 4. The summed E-state index contributed by atoms with van der Waals surface area (Å²) in [5.41, 5.74) is 3.86. The molecule has 0 fully saturated rings. The predicted molar refractivity (Wildman–Crippen MR) is 112 cm³/mol. The number of carbonyl (C=O) groups excluding carboxylic acids is 1. The number of Topliss-reactive ketones (excluding diaryl/α,β-unsaturated/α-hetero) is 1. The number of hydrogen-bond acceptors (Lipinski definition) is 5. The Morgan fingerprint density at radius 2 is 1.89 bits per heavy atom. The van der Waals surface area contributed by atoms with Crippen LogP contribution in [0, 0.1) is 13.8 Å².